The third-order valence-corrected chi connectivity index (χ3v) is 7.11. The third-order valence-electron chi connectivity index (χ3n) is 7.11. The monoisotopic (exact) mass is 454 g/mol. The van der Waals surface area contributed by atoms with Crippen LogP contribution >= 0.6 is 0 Å². The molecule has 3 aromatic carbocycles. The second kappa shape index (κ2) is 10.4. The first-order valence-electron chi connectivity index (χ1n) is 13.0. The Morgan fingerprint density at radius 1 is 0.529 bits per heavy atom. The minimum Gasteiger partial charge on any atom is -0.352 e. The van der Waals surface area contributed by atoms with Gasteiger partial charge in [-0.05, 0) is 48.2 Å². The second-order valence-electron chi connectivity index (χ2n) is 9.71. The highest BCUT2D eigenvalue weighted by Crippen LogP contribution is 2.38. The van der Waals surface area contributed by atoms with E-state index in [9.17, 15) is 0 Å². The van der Waals surface area contributed by atoms with E-state index in [0.29, 0.717) is 0 Å². The average Bonchev–Trinajstić information content (AvgIpc) is 3.40. The summed E-state index contributed by atoms with van der Waals surface area (Å²) in [5, 5.41) is 0. The molecule has 34 heavy (non-hydrogen) atoms. The van der Waals surface area contributed by atoms with Crippen LogP contribution in [0, 0.1) is 0 Å². The maximum atomic E-state index is 2.54. The van der Waals surface area contributed by atoms with Crippen molar-refractivity contribution in [3.05, 3.63) is 83.9 Å². The van der Waals surface area contributed by atoms with Gasteiger partial charge < -0.3 is 19.6 Å². The van der Waals surface area contributed by atoms with Crippen LogP contribution in [0.2, 0.25) is 0 Å². The second-order valence-corrected chi connectivity index (χ2v) is 9.71. The van der Waals surface area contributed by atoms with Crippen LogP contribution in [0.4, 0.5) is 22.7 Å². The van der Waals surface area contributed by atoms with Crippen molar-refractivity contribution in [3.63, 3.8) is 0 Å². The van der Waals surface area contributed by atoms with Crippen molar-refractivity contribution in [2.24, 2.45) is 0 Å². The van der Waals surface area contributed by atoms with Gasteiger partial charge in [-0.25, -0.2) is 0 Å². The van der Waals surface area contributed by atoms with E-state index in [1.165, 1.54) is 59.6 Å². The lowest BCUT2D eigenvalue weighted by Gasteiger charge is -2.23. The normalized spacial score (nSPS) is 14.6. The zero-order valence-corrected chi connectivity index (χ0v) is 20.8. The molecule has 2 aliphatic rings. The lowest BCUT2D eigenvalue weighted by molar-refractivity contribution is 0.706. The minimum absolute atomic E-state index is 0.951. The molecule has 0 bridgehead atoms. The van der Waals surface area contributed by atoms with Crippen LogP contribution in [-0.4, -0.2) is 26.4 Å². The molecule has 0 unspecified atom stereocenters. The van der Waals surface area contributed by atoms with E-state index >= 15 is 0 Å². The summed E-state index contributed by atoms with van der Waals surface area (Å²) in [5.74, 6) is 0. The Hall–Kier alpha value is -3.14. The number of unbranched alkanes of at least 4 members (excludes halogenated alkanes) is 2. The quantitative estimate of drug-likeness (QED) is 0.332. The summed E-state index contributed by atoms with van der Waals surface area (Å²) in [4.78, 5) is 10.1. The maximum absolute atomic E-state index is 2.54. The highest BCUT2D eigenvalue weighted by atomic mass is 15.4. The van der Waals surface area contributed by atoms with Gasteiger partial charge in [0.15, 0.2) is 0 Å². The molecular weight excluding hydrogens is 416 g/mol. The summed E-state index contributed by atoms with van der Waals surface area (Å²) < 4.78 is 0. The molecule has 0 atom stereocenters. The van der Waals surface area contributed by atoms with E-state index in [-0.39, 0.29) is 0 Å². The fourth-order valence-corrected chi connectivity index (χ4v) is 5.33. The Kier molecular flexibility index (Phi) is 6.94. The molecule has 0 aromatic heterocycles. The van der Waals surface area contributed by atoms with Crippen LogP contribution in [0.5, 0.6) is 0 Å². The molecule has 2 aliphatic heterocycles. The number of benzene rings is 3. The largest absolute Gasteiger partial charge is 0.352 e. The summed E-state index contributed by atoms with van der Waals surface area (Å²) in [5.41, 5.74) is 8.27. The van der Waals surface area contributed by atoms with Crippen molar-refractivity contribution in [1.29, 1.82) is 0 Å². The molecule has 0 amide bonds. The minimum atomic E-state index is 0.951. The fourth-order valence-electron chi connectivity index (χ4n) is 5.33. The zero-order chi connectivity index (χ0) is 23.3. The van der Waals surface area contributed by atoms with Gasteiger partial charge in [0, 0.05) is 26.2 Å². The first kappa shape index (κ1) is 22.6. The van der Waals surface area contributed by atoms with Crippen LogP contribution in [0.3, 0.4) is 0 Å². The van der Waals surface area contributed by atoms with E-state index < -0.39 is 0 Å². The average molecular weight is 455 g/mol. The summed E-state index contributed by atoms with van der Waals surface area (Å²) in [6.07, 6.45) is 4.95. The number of fused-ring (bicyclic) bond motifs is 2. The molecule has 0 radical (unpaired) electrons. The van der Waals surface area contributed by atoms with Gasteiger partial charge in [-0.15, -0.1) is 0 Å². The molecule has 178 valence electrons. The van der Waals surface area contributed by atoms with Gasteiger partial charge in [0.1, 0.15) is 0 Å². The topological polar surface area (TPSA) is 13.0 Å². The van der Waals surface area contributed by atoms with Crippen molar-refractivity contribution in [1.82, 2.24) is 0 Å². The molecule has 3 aromatic rings. The standard InChI is InChI=1S/C30H38N4/c1-3-5-18-31-23-33(29-16-9-7-14-27(29)31)21-25-12-11-13-26(20-25)22-34-24-32(19-6-4-2)28-15-8-10-17-30(28)34/h7-17,20H,3-6,18-19,21-24H2,1-2H3. The van der Waals surface area contributed by atoms with Crippen molar-refractivity contribution in [3.8, 4) is 0 Å². The Bertz CT molecular complexity index is 1010. The van der Waals surface area contributed by atoms with Gasteiger partial charge in [0.2, 0.25) is 0 Å². The van der Waals surface area contributed by atoms with Gasteiger partial charge in [-0.1, -0.05) is 75.2 Å². The zero-order valence-electron chi connectivity index (χ0n) is 20.8. The number of nitrogens with zero attached hydrogens (tertiary/aromatic N) is 4. The molecule has 0 saturated carbocycles. The van der Waals surface area contributed by atoms with Gasteiger partial charge in [0.05, 0.1) is 36.1 Å². The number of rotatable bonds is 10. The third kappa shape index (κ3) is 4.72. The van der Waals surface area contributed by atoms with Crippen molar-refractivity contribution < 1.29 is 0 Å². The predicted molar refractivity (Wildman–Crippen MR) is 146 cm³/mol. The SMILES string of the molecule is CCCCN1CN(Cc2cccc(CN3CN(CCCC)c4ccccc43)c2)c2ccccc21. The van der Waals surface area contributed by atoms with E-state index in [0.717, 1.165) is 39.5 Å². The number of hydrogen-bond acceptors (Lipinski definition) is 4. The lowest BCUT2D eigenvalue weighted by Crippen LogP contribution is -2.31. The van der Waals surface area contributed by atoms with Gasteiger partial charge in [-0.3, -0.25) is 0 Å². The van der Waals surface area contributed by atoms with Crippen LogP contribution < -0.4 is 19.6 Å². The number of anilines is 4. The van der Waals surface area contributed by atoms with Crippen LogP contribution in [0.1, 0.15) is 50.7 Å². The molecule has 0 fully saturated rings. The van der Waals surface area contributed by atoms with E-state index in [2.05, 4.69) is 106 Å². The highest BCUT2D eigenvalue weighted by molar-refractivity contribution is 5.77. The Labute approximate surface area is 205 Å². The highest BCUT2D eigenvalue weighted by Gasteiger charge is 2.26. The smallest absolute Gasteiger partial charge is 0.0907 e. The van der Waals surface area contributed by atoms with Crippen LogP contribution in [-0.2, 0) is 13.1 Å². The Balaban J connectivity index is 1.30. The molecule has 5 rings (SSSR count). The van der Waals surface area contributed by atoms with E-state index in [1.807, 2.05) is 0 Å². The maximum Gasteiger partial charge on any atom is 0.0907 e. The molecular formula is C30H38N4. The summed E-state index contributed by atoms with van der Waals surface area (Å²) >= 11 is 0. The van der Waals surface area contributed by atoms with Crippen molar-refractivity contribution in [2.75, 3.05) is 46.0 Å². The molecule has 4 nitrogen and oxygen atoms in total. The first-order chi connectivity index (χ1) is 16.8. The summed E-state index contributed by atoms with van der Waals surface area (Å²) in [7, 11) is 0. The molecule has 2 heterocycles. The Morgan fingerprint density at radius 3 is 1.35 bits per heavy atom. The molecule has 0 N–H and O–H groups in total. The van der Waals surface area contributed by atoms with Crippen LogP contribution in [0.15, 0.2) is 72.8 Å². The van der Waals surface area contributed by atoms with Crippen LogP contribution in [0.25, 0.3) is 0 Å². The van der Waals surface area contributed by atoms with Gasteiger partial charge >= 0.3 is 0 Å². The van der Waals surface area contributed by atoms with E-state index in [4.69, 9.17) is 0 Å². The van der Waals surface area contributed by atoms with Gasteiger partial charge in [-0.2, -0.15) is 0 Å². The molecule has 0 spiro atoms. The van der Waals surface area contributed by atoms with Crippen molar-refractivity contribution in [2.45, 2.75) is 52.6 Å². The summed E-state index contributed by atoms with van der Waals surface area (Å²) in [6.45, 7) is 10.7. The molecule has 0 saturated heterocycles. The fraction of sp³-hybridized carbons (Fsp3) is 0.400. The molecule has 0 aliphatic carbocycles. The number of hydrogen-bond donors (Lipinski definition) is 0. The first-order valence-corrected chi connectivity index (χ1v) is 13.0. The van der Waals surface area contributed by atoms with Gasteiger partial charge in [0.25, 0.3) is 0 Å². The predicted octanol–water partition coefficient (Wildman–Crippen LogP) is 6.86. The molecule has 4 heteroatoms. The van der Waals surface area contributed by atoms with Crippen molar-refractivity contribution >= 4 is 22.7 Å². The van der Waals surface area contributed by atoms with E-state index in [1.54, 1.807) is 0 Å². The summed E-state index contributed by atoms with van der Waals surface area (Å²) in [6, 6.07) is 27.0. The number of para-hydroxylation sites is 4. The lowest BCUT2D eigenvalue weighted by atomic mass is 10.1. The Morgan fingerprint density at radius 2 is 0.941 bits per heavy atom.